The summed E-state index contributed by atoms with van der Waals surface area (Å²) in [5, 5.41) is 0. The number of aromatic amines is 1. The summed E-state index contributed by atoms with van der Waals surface area (Å²) in [5.74, 6) is 1.63. The number of H-pyrrole nitrogens is 1. The van der Waals surface area contributed by atoms with Crippen molar-refractivity contribution in [2.75, 3.05) is 5.88 Å². The van der Waals surface area contributed by atoms with E-state index in [0.29, 0.717) is 5.88 Å². The maximum absolute atomic E-state index is 5.92. The number of nitrogens with zero attached hydrogens (tertiary/aromatic N) is 2. The second-order valence-corrected chi connectivity index (χ2v) is 7.45. The number of halogens is 1. The Hall–Kier alpha value is -1.74. The van der Waals surface area contributed by atoms with Gasteiger partial charge in [-0.3, -0.25) is 0 Å². The van der Waals surface area contributed by atoms with E-state index in [1.807, 2.05) is 18.2 Å². The molecule has 0 aliphatic carbocycles. The van der Waals surface area contributed by atoms with Crippen LogP contribution in [0.1, 0.15) is 38.6 Å². The molecule has 0 fully saturated rings. The van der Waals surface area contributed by atoms with Crippen molar-refractivity contribution in [3.63, 3.8) is 0 Å². The Bertz CT molecular complexity index is 788. The van der Waals surface area contributed by atoms with Gasteiger partial charge in [-0.1, -0.05) is 32.9 Å². The maximum Gasteiger partial charge on any atom is 0.140 e. The Morgan fingerprint density at radius 3 is 2.61 bits per heavy atom. The summed E-state index contributed by atoms with van der Waals surface area (Å²) in [6.07, 6.45) is 0.972. The first-order chi connectivity index (χ1) is 10.9. The summed E-state index contributed by atoms with van der Waals surface area (Å²) in [4.78, 5) is 8.22. The van der Waals surface area contributed by atoms with Crippen LogP contribution < -0.4 is 0 Å². The molecule has 122 valence electrons. The summed E-state index contributed by atoms with van der Waals surface area (Å²) < 4.78 is 2.39. The van der Waals surface area contributed by atoms with E-state index in [4.69, 9.17) is 16.6 Å². The Morgan fingerprint density at radius 2 is 1.96 bits per heavy atom. The molecule has 2 heterocycles. The molecule has 3 rings (SSSR count). The van der Waals surface area contributed by atoms with E-state index in [0.717, 1.165) is 29.8 Å². The number of nitrogens with one attached hydrogen (secondary N) is 1. The van der Waals surface area contributed by atoms with Crippen molar-refractivity contribution < 1.29 is 0 Å². The molecule has 0 amide bonds. The Morgan fingerprint density at radius 1 is 1.22 bits per heavy atom. The normalized spacial score (nSPS) is 12.2. The van der Waals surface area contributed by atoms with Crippen LogP contribution in [-0.4, -0.2) is 20.4 Å². The highest BCUT2D eigenvalue weighted by Gasteiger charge is 2.23. The number of aromatic nitrogens is 3. The lowest BCUT2D eigenvalue weighted by atomic mass is 9.92. The molecule has 0 saturated carbocycles. The van der Waals surface area contributed by atoms with Gasteiger partial charge >= 0.3 is 0 Å². The molecule has 2 aromatic heterocycles. The highest BCUT2D eigenvalue weighted by molar-refractivity contribution is 6.17. The van der Waals surface area contributed by atoms with Crippen molar-refractivity contribution >= 4 is 22.6 Å². The van der Waals surface area contributed by atoms with E-state index >= 15 is 0 Å². The first-order valence-electron chi connectivity index (χ1n) is 8.13. The van der Waals surface area contributed by atoms with Gasteiger partial charge in [0.1, 0.15) is 5.82 Å². The van der Waals surface area contributed by atoms with Crippen molar-refractivity contribution in [3.05, 3.63) is 41.7 Å². The number of alkyl halides is 1. The van der Waals surface area contributed by atoms with Gasteiger partial charge in [0.2, 0.25) is 0 Å². The lowest BCUT2D eigenvalue weighted by Gasteiger charge is -2.22. The molecule has 0 unspecified atom stereocenters. The van der Waals surface area contributed by atoms with Crippen molar-refractivity contribution in [2.24, 2.45) is 0 Å². The van der Waals surface area contributed by atoms with Crippen LogP contribution in [0.2, 0.25) is 0 Å². The zero-order valence-electron chi connectivity index (χ0n) is 14.3. The van der Waals surface area contributed by atoms with Gasteiger partial charge in [-0.15, -0.1) is 11.6 Å². The van der Waals surface area contributed by atoms with Crippen LogP contribution in [0.15, 0.2) is 30.3 Å². The molecule has 0 saturated heterocycles. The summed E-state index contributed by atoms with van der Waals surface area (Å²) in [7, 11) is 0. The van der Waals surface area contributed by atoms with Crippen molar-refractivity contribution in [1.29, 1.82) is 0 Å². The zero-order valence-corrected chi connectivity index (χ0v) is 15.0. The molecule has 1 N–H and O–H groups in total. The minimum atomic E-state index is 0.0847. The molecule has 0 atom stereocenters. The predicted molar refractivity (Wildman–Crippen MR) is 98.3 cm³/mol. The van der Waals surface area contributed by atoms with E-state index < -0.39 is 0 Å². The average molecular weight is 330 g/mol. The van der Waals surface area contributed by atoms with Crippen LogP contribution in [-0.2, 0) is 12.0 Å². The lowest BCUT2D eigenvalue weighted by Crippen LogP contribution is -2.18. The maximum atomic E-state index is 5.92. The van der Waals surface area contributed by atoms with Gasteiger partial charge in [0.05, 0.1) is 11.0 Å². The number of hydrogen-bond acceptors (Lipinski definition) is 1. The summed E-state index contributed by atoms with van der Waals surface area (Å²) in [6, 6.07) is 10.4. The molecule has 0 radical (unpaired) electrons. The fourth-order valence-electron chi connectivity index (χ4n) is 3.09. The second-order valence-electron chi connectivity index (χ2n) is 7.08. The van der Waals surface area contributed by atoms with Gasteiger partial charge in [-0.25, -0.2) is 4.98 Å². The summed E-state index contributed by atoms with van der Waals surface area (Å²) >= 11 is 5.92. The molecular weight excluding hydrogens is 306 g/mol. The SMILES string of the molecule is Cc1c(-c2nc3ccccc3[nH]2)cc(C(C)(C)C)n1CCCCl. The first kappa shape index (κ1) is 16.1. The fraction of sp³-hybridized carbons (Fsp3) is 0.421. The van der Waals surface area contributed by atoms with E-state index in [2.05, 4.69) is 49.4 Å². The number of imidazole rings is 1. The number of hydrogen-bond donors (Lipinski definition) is 1. The van der Waals surface area contributed by atoms with Crippen molar-refractivity contribution in [1.82, 2.24) is 14.5 Å². The van der Waals surface area contributed by atoms with Crippen molar-refractivity contribution in [2.45, 2.75) is 46.1 Å². The van der Waals surface area contributed by atoms with Gasteiger partial charge in [0.25, 0.3) is 0 Å². The molecule has 4 heteroatoms. The smallest absolute Gasteiger partial charge is 0.140 e. The van der Waals surface area contributed by atoms with E-state index in [9.17, 15) is 0 Å². The average Bonchev–Trinajstić information content (AvgIpc) is 3.05. The largest absolute Gasteiger partial charge is 0.348 e. The van der Waals surface area contributed by atoms with E-state index in [1.165, 1.54) is 17.0 Å². The number of rotatable bonds is 4. The van der Waals surface area contributed by atoms with Crippen LogP contribution in [0, 0.1) is 6.92 Å². The zero-order chi connectivity index (χ0) is 16.6. The first-order valence-corrected chi connectivity index (χ1v) is 8.67. The lowest BCUT2D eigenvalue weighted by molar-refractivity contribution is 0.508. The van der Waals surface area contributed by atoms with E-state index in [-0.39, 0.29) is 5.41 Å². The van der Waals surface area contributed by atoms with Crippen LogP contribution in [0.5, 0.6) is 0 Å². The van der Waals surface area contributed by atoms with Crippen LogP contribution >= 0.6 is 11.6 Å². The molecule has 0 bridgehead atoms. The molecule has 0 aliphatic rings. The van der Waals surface area contributed by atoms with Crippen LogP contribution in [0.25, 0.3) is 22.4 Å². The minimum absolute atomic E-state index is 0.0847. The third-order valence-electron chi connectivity index (χ3n) is 4.29. The monoisotopic (exact) mass is 329 g/mol. The molecule has 0 aliphatic heterocycles. The highest BCUT2D eigenvalue weighted by Crippen LogP contribution is 2.33. The number of benzene rings is 1. The minimum Gasteiger partial charge on any atom is -0.348 e. The summed E-state index contributed by atoms with van der Waals surface area (Å²) in [5.41, 5.74) is 5.93. The molecular formula is C19H24ClN3. The fourth-order valence-corrected chi connectivity index (χ4v) is 3.21. The standard InChI is InChI=1S/C19H24ClN3/c1-13-14(18-21-15-8-5-6-9-16(15)22-18)12-17(19(2,3)4)23(13)11-7-10-20/h5-6,8-9,12H,7,10-11H2,1-4H3,(H,21,22). The molecule has 0 spiro atoms. The molecule has 3 nitrogen and oxygen atoms in total. The Labute approximate surface area is 142 Å². The van der Waals surface area contributed by atoms with Crippen molar-refractivity contribution in [3.8, 4) is 11.4 Å². The number of para-hydroxylation sites is 2. The van der Waals surface area contributed by atoms with Gasteiger partial charge in [-0.2, -0.15) is 0 Å². The topological polar surface area (TPSA) is 33.6 Å². The number of fused-ring (bicyclic) bond motifs is 1. The Balaban J connectivity index is 2.13. The van der Waals surface area contributed by atoms with E-state index in [1.54, 1.807) is 0 Å². The summed E-state index contributed by atoms with van der Waals surface area (Å²) in [6.45, 7) is 9.87. The van der Waals surface area contributed by atoms with Crippen LogP contribution in [0.3, 0.4) is 0 Å². The third-order valence-corrected chi connectivity index (χ3v) is 4.56. The molecule has 23 heavy (non-hydrogen) atoms. The van der Waals surface area contributed by atoms with Gasteiger partial charge in [0.15, 0.2) is 0 Å². The van der Waals surface area contributed by atoms with Gasteiger partial charge in [-0.05, 0) is 31.5 Å². The van der Waals surface area contributed by atoms with Gasteiger partial charge in [0, 0.05) is 34.8 Å². The molecule has 1 aromatic carbocycles. The third kappa shape index (κ3) is 3.02. The Kier molecular flexibility index (Phi) is 4.24. The molecule has 3 aromatic rings. The second kappa shape index (κ2) is 6.04. The highest BCUT2D eigenvalue weighted by atomic mass is 35.5. The predicted octanol–water partition coefficient (Wildman–Crippen LogP) is 5.27. The quantitative estimate of drug-likeness (QED) is 0.650. The van der Waals surface area contributed by atoms with Gasteiger partial charge < -0.3 is 9.55 Å². The van der Waals surface area contributed by atoms with Crippen LogP contribution in [0.4, 0.5) is 0 Å².